The number of H-pyrrole nitrogens is 1. The zero-order valence-corrected chi connectivity index (χ0v) is 7.78. The summed E-state index contributed by atoms with van der Waals surface area (Å²) >= 11 is 0. The van der Waals surface area contributed by atoms with E-state index in [0.717, 1.165) is 0 Å². The summed E-state index contributed by atoms with van der Waals surface area (Å²) in [6.45, 7) is 0.424. The van der Waals surface area contributed by atoms with Crippen LogP contribution in [-0.2, 0) is 22.5 Å². The van der Waals surface area contributed by atoms with Gasteiger partial charge in [0.05, 0.1) is 7.11 Å². The molecule has 0 bridgehead atoms. The molecule has 0 amide bonds. The van der Waals surface area contributed by atoms with Crippen LogP contribution in [0.4, 0.5) is 0 Å². The highest BCUT2D eigenvalue weighted by molar-refractivity contribution is 5.72. The number of ether oxygens (including phenoxy) is 1. The molecule has 76 valence electrons. The van der Waals surface area contributed by atoms with Crippen LogP contribution in [0.1, 0.15) is 12.1 Å². The van der Waals surface area contributed by atoms with Gasteiger partial charge in [-0.05, 0) is 11.7 Å². The quantitative estimate of drug-likeness (QED) is 0.464. The van der Waals surface area contributed by atoms with Crippen molar-refractivity contribution in [3.8, 4) is 0 Å². The number of nitrogens with one attached hydrogen (secondary N) is 1. The van der Waals surface area contributed by atoms with Crippen molar-refractivity contribution in [2.45, 2.75) is 19.4 Å². The second-order valence-electron chi connectivity index (χ2n) is 3.30. The number of methoxy groups -OCH3 is 1. The molecule has 0 saturated heterocycles. The number of carbonyl (C=O) groups excluding carboxylic acids is 1. The fourth-order valence-electron chi connectivity index (χ4n) is 1.69. The first-order valence-corrected chi connectivity index (χ1v) is 4.40. The van der Waals surface area contributed by atoms with E-state index in [1.165, 1.54) is 7.11 Å². The van der Waals surface area contributed by atoms with Crippen molar-refractivity contribution in [1.29, 1.82) is 0 Å². The lowest BCUT2D eigenvalue weighted by Crippen LogP contribution is -2.49. The maximum Gasteiger partial charge on any atom is 0.429 e. The lowest BCUT2D eigenvalue weighted by atomic mass is 9.99. The molecule has 1 unspecified atom stereocenters. The molecule has 1 N–H and O–H groups in total. The highest BCUT2D eigenvalue weighted by Crippen LogP contribution is 2.12. The average molecular weight is 199 g/mol. The fraction of sp³-hybridized carbons (Fsp3) is 0.625. The van der Waals surface area contributed by atoms with Crippen LogP contribution in [0.2, 0.25) is 0 Å². The third-order valence-corrected chi connectivity index (χ3v) is 2.48. The second kappa shape index (κ2) is 3.28. The Labute approximate surface area is 79.4 Å². The Bertz CT molecular complexity index is 406. The van der Waals surface area contributed by atoms with E-state index in [4.69, 9.17) is 0 Å². The molecule has 14 heavy (non-hydrogen) atoms. The molecule has 1 aromatic rings. The van der Waals surface area contributed by atoms with Crippen molar-refractivity contribution in [3.05, 3.63) is 16.1 Å². The Kier molecular flexibility index (Phi) is 2.11. The summed E-state index contributed by atoms with van der Waals surface area (Å²) < 4.78 is 10.8. The van der Waals surface area contributed by atoms with Gasteiger partial charge in [-0.15, -0.1) is 0 Å². The van der Waals surface area contributed by atoms with Gasteiger partial charge in [0.2, 0.25) is 0 Å². The summed E-state index contributed by atoms with van der Waals surface area (Å²) in [5.41, 5.74) is 0.235. The number of aromatic amines is 1. The summed E-state index contributed by atoms with van der Waals surface area (Å²) in [6, 6.07) is 0. The van der Waals surface area contributed by atoms with Gasteiger partial charge in [-0.3, -0.25) is 9.32 Å². The van der Waals surface area contributed by atoms with Crippen LogP contribution in [0.3, 0.4) is 0 Å². The minimum atomic E-state index is -0.353. The van der Waals surface area contributed by atoms with Crippen molar-refractivity contribution in [1.82, 2.24) is 5.27 Å². The molecule has 0 aliphatic carbocycles. The zero-order valence-electron chi connectivity index (χ0n) is 7.78. The van der Waals surface area contributed by atoms with Crippen molar-refractivity contribution >= 4 is 5.97 Å². The number of fused-ring (bicyclic) bond motifs is 1. The van der Waals surface area contributed by atoms with E-state index in [9.17, 15) is 9.59 Å². The van der Waals surface area contributed by atoms with Crippen LogP contribution in [-0.4, -0.2) is 18.4 Å². The first kappa shape index (κ1) is 8.98. The molecule has 1 atom stereocenters. The molecule has 1 aliphatic heterocycles. The molecule has 2 rings (SSSR count). The van der Waals surface area contributed by atoms with Gasteiger partial charge in [0.25, 0.3) is 5.69 Å². The van der Waals surface area contributed by atoms with Gasteiger partial charge < -0.3 is 4.74 Å². The van der Waals surface area contributed by atoms with Crippen LogP contribution in [0, 0.1) is 5.92 Å². The number of rotatable bonds is 1. The first-order chi connectivity index (χ1) is 6.72. The number of aromatic nitrogens is 2. The number of esters is 1. The fourth-order valence-corrected chi connectivity index (χ4v) is 1.69. The first-order valence-electron chi connectivity index (χ1n) is 4.40. The Morgan fingerprint density at radius 2 is 2.50 bits per heavy atom. The molecule has 2 heterocycles. The minimum Gasteiger partial charge on any atom is -0.469 e. The summed E-state index contributed by atoms with van der Waals surface area (Å²) in [5.74, 6) is -0.434. The van der Waals surface area contributed by atoms with Crippen LogP contribution in [0.15, 0.2) is 9.32 Å². The number of carbonyl (C=O) groups is 1. The van der Waals surface area contributed by atoms with Crippen molar-refractivity contribution in [3.63, 3.8) is 0 Å². The van der Waals surface area contributed by atoms with Crippen LogP contribution >= 0.6 is 0 Å². The van der Waals surface area contributed by atoms with E-state index in [-0.39, 0.29) is 17.5 Å². The van der Waals surface area contributed by atoms with Gasteiger partial charge >= 0.3 is 11.6 Å². The molecule has 6 heteroatoms. The minimum absolute atomic E-state index is 0.189. The van der Waals surface area contributed by atoms with Crippen molar-refractivity contribution in [2.24, 2.45) is 5.92 Å². The van der Waals surface area contributed by atoms with Crippen LogP contribution in [0.5, 0.6) is 0 Å². The molecule has 6 nitrogen and oxygen atoms in total. The molecule has 1 aromatic heterocycles. The molecule has 1 aliphatic rings. The third-order valence-electron chi connectivity index (χ3n) is 2.48. The van der Waals surface area contributed by atoms with E-state index in [2.05, 4.69) is 14.5 Å². The van der Waals surface area contributed by atoms with E-state index in [0.29, 0.717) is 25.1 Å². The SMILES string of the molecule is COC(=O)C1CCc2c(=O)o[nH][n+]2C1. The smallest absolute Gasteiger partial charge is 0.429 e. The second-order valence-corrected chi connectivity index (χ2v) is 3.30. The maximum atomic E-state index is 11.2. The van der Waals surface area contributed by atoms with Crippen molar-refractivity contribution in [2.75, 3.05) is 7.11 Å². The third kappa shape index (κ3) is 1.32. The molecular weight excluding hydrogens is 188 g/mol. The normalized spacial score (nSPS) is 20.2. The van der Waals surface area contributed by atoms with E-state index < -0.39 is 0 Å². The monoisotopic (exact) mass is 199 g/mol. The Hall–Kier alpha value is -1.59. The zero-order chi connectivity index (χ0) is 10.1. The summed E-state index contributed by atoms with van der Waals surface area (Å²) in [7, 11) is 1.36. The van der Waals surface area contributed by atoms with Crippen molar-refractivity contribution < 1.29 is 18.7 Å². The van der Waals surface area contributed by atoms with Gasteiger partial charge in [0, 0.05) is 6.42 Å². The van der Waals surface area contributed by atoms with Gasteiger partial charge in [0.15, 0.2) is 6.54 Å². The maximum absolute atomic E-state index is 11.2. The van der Waals surface area contributed by atoms with Gasteiger partial charge in [-0.25, -0.2) is 4.79 Å². The van der Waals surface area contributed by atoms with E-state index in [1.54, 1.807) is 4.68 Å². The average Bonchev–Trinajstić information content (AvgIpc) is 2.59. The summed E-state index contributed by atoms with van der Waals surface area (Å²) in [6.07, 6.45) is 1.18. The lowest BCUT2D eigenvalue weighted by Gasteiger charge is -2.12. The topological polar surface area (TPSA) is 76.2 Å². The van der Waals surface area contributed by atoms with Gasteiger partial charge in [-0.2, -0.15) is 0 Å². The molecule has 0 fully saturated rings. The molecule has 0 radical (unpaired) electrons. The van der Waals surface area contributed by atoms with Gasteiger partial charge in [-0.1, -0.05) is 4.68 Å². The Morgan fingerprint density at radius 3 is 3.21 bits per heavy atom. The lowest BCUT2D eigenvalue weighted by molar-refractivity contribution is -0.776. The largest absolute Gasteiger partial charge is 0.469 e. The molecule has 0 aromatic carbocycles. The molecule has 0 saturated carbocycles. The number of hydrogen-bond donors (Lipinski definition) is 1. The number of nitrogens with zero attached hydrogens (tertiary/aromatic N) is 1. The van der Waals surface area contributed by atoms with Crippen LogP contribution in [0.25, 0.3) is 0 Å². The van der Waals surface area contributed by atoms with Crippen LogP contribution < -0.4 is 10.3 Å². The summed E-state index contributed by atoms with van der Waals surface area (Å²) in [4.78, 5) is 22.3. The predicted molar refractivity (Wildman–Crippen MR) is 43.4 cm³/mol. The highest BCUT2D eigenvalue weighted by atomic mass is 16.5. The Morgan fingerprint density at radius 1 is 1.71 bits per heavy atom. The highest BCUT2D eigenvalue weighted by Gasteiger charge is 2.35. The molecular formula is C8H11N2O4+. The number of hydrogen-bond acceptors (Lipinski definition) is 4. The predicted octanol–water partition coefficient (Wildman–Crippen LogP) is -1.01. The van der Waals surface area contributed by atoms with Gasteiger partial charge in [0.1, 0.15) is 5.92 Å². The van der Waals surface area contributed by atoms with E-state index in [1.807, 2.05) is 0 Å². The van der Waals surface area contributed by atoms with E-state index >= 15 is 0 Å². The Balaban J connectivity index is 2.22. The standard InChI is InChI=1S/C8H10N2O4/c1-13-7(11)5-2-3-6-8(12)14-9-10(6)4-5/h5H,2-4H2,1H3/p+1. The summed E-state index contributed by atoms with van der Waals surface area (Å²) in [5, 5.41) is 2.46. The molecule has 0 spiro atoms.